The van der Waals surface area contributed by atoms with Gasteiger partial charge in [-0.1, -0.05) is 11.6 Å². The topological polar surface area (TPSA) is 88.8 Å². The number of hydrogen-bond donors (Lipinski definition) is 1. The highest BCUT2D eigenvalue weighted by molar-refractivity contribution is 5.99. The van der Waals surface area contributed by atoms with Crippen LogP contribution in [0.15, 0.2) is 22.6 Å². The van der Waals surface area contributed by atoms with Gasteiger partial charge in [0, 0.05) is 24.0 Å². The Morgan fingerprint density at radius 1 is 1.35 bits per heavy atom. The fourth-order valence-electron chi connectivity index (χ4n) is 2.51. The number of fused-ring (bicyclic) bond motifs is 1. The van der Waals surface area contributed by atoms with Crippen molar-refractivity contribution in [3.8, 4) is 0 Å². The van der Waals surface area contributed by atoms with E-state index in [4.69, 9.17) is 9.15 Å². The first-order valence-electron chi connectivity index (χ1n) is 7.22. The monoisotopic (exact) mass is 316 g/mol. The summed E-state index contributed by atoms with van der Waals surface area (Å²) in [5.74, 6) is -1.20. The molecule has 0 bridgehead atoms. The molecule has 23 heavy (non-hydrogen) atoms. The third kappa shape index (κ3) is 2.77. The van der Waals surface area contributed by atoms with Crippen molar-refractivity contribution < 1.29 is 23.5 Å². The van der Waals surface area contributed by atoms with Crippen LogP contribution in [0.5, 0.6) is 0 Å². The molecule has 2 heterocycles. The minimum atomic E-state index is -0.718. The van der Waals surface area contributed by atoms with Gasteiger partial charge in [0.2, 0.25) is 5.76 Å². The Kier molecular flexibility index (Phi) is 3.77. The van der Waals surface area contributed by atoms with Gasteiger partial charge >= 0.3 is 12.0 Å². The quantitative estimate of drug-likeness (QED) is 0.872. The minimum Gasteiger partial charge on any atom is -0.450 e. The summed E-state index contributed by atoms with van der Waals surface area (Å²) >= 11 is 0. The average Bonchev–Trinajstić information content (AvgIpc) is 3.09. The van der Waals surface area contributed by atoms with Crippen LogP contribution in [0.1, 0.15) is 21.7 Å². The van der Waals surface area contributed by atoms with E-state index < -0.39 is 24.5 Å². The summed E-state index contributed by atoms with van der Waals surface area (Å²) in [7, 11) is 0. The molecule has 0 radical (unpaired) electrons. The van der Waals surface area contributed by atoms with Crippen LogP contribution in [0.25, 0.3) is 11.0 Å². The van der Waals surface area contributed by atoms with Crippen LogP contribution < -0.4 is 5.32 Å². The Balaban J connectivity index is 1.72. The fraction of sp³-hybridized carbons (Fsp3) is 0.312. The molecule has 1 fully saturated rings. The van der Waals surface area contributed by atoms with Gasteiger partial charge in [-0.2, -0.15) is 0 Å². The Morgan fingerprint density at radius 2 is 2.13 bits per heavy atom. The van der Waals surface area contributed by atoms with Crippen LogP contribution in [0.3, 0.4) is 0 Å². The number of rotatable bonds is 3. The van der Waals surface area contributed by atoms with Crippen LogP contribution in [-0.2, 0) is 9.53 Å². The SMILES string of the molecule is Cc1ccc2oc(C(=O)OCC(=O)N3CCNC3=O)c(C)c2c1. The summed E-state index contributed by atoms with van der Waals surface area (Å²) < 4.78 is 10.5. The first-order chi connectivity index (χ1) is 11.0. The molecule has 0 aliphatic carbocycles. The number of amides is 3. The summed E-state index contributed by atoms with van der Waals surface area (Å²) in [6.07, 6.45) is 0. The lowest BCUT2D eigenvalue weighted by atomic mass is 10.1. The molecular weight excluding hydrogens is 300 g/mol. The molecule has 2 aromatic rings. The summed E-state index contributed by atoms with van der Waals surface area (Å²) in [6, 6.07) is 5.12. The van der Waals surface area contributed by atoms with E-state index in [9.17, 15) is 14.4 Å². The largest absolute Gasteiger partial charge is 0.450 e. The van der Waals surface area contributed by atoms with Crippen molar-refractivity contribution in [2.45, 2.75) is 13.8 Å². The van der Waals surface area contributed by atoms with Crippen molar-refractivity contribution in [1.29, 1.82) is 0 Å². The third-order valence-corrected chi connectivity index (χ3v) is 3.76. The number of aryl methyl sites for hydroxylation is 2. The molecule has 7 nitrogen and oxygen atoms in total. The summed E-state index contributed by atoms with van der Waals surface area (Å²) in [5, 5.41) is 3.34. The van der Waals surface area contributed by atoms with Gasteiger partial charge in [0.25, 0.3) is 5.91 Å². The zero-order valence-corrected chi connectivity index (χ0v) is 12.8. The lowest BCUT2D eigenvalue weighted by Crippen LogP contribution is -2.37. The molecule has 3 rings (SSSR count). The Labute approximate surface area is 132 Å². The first-order valence-corrected chi connectivity index (χ1v) is 7.22. The van der Waals surface area contributed by atoms with Gasteiger partial charge in [-0.25, -0.2) is 9.59 Å². The zero-order valence-electron chi connectivity index (χ0n) is 12.8. The maximum absolute atomic E-state index is 12.1. The highest BCUT2D eigenvalue weighted by Crippen LogP contribution is 2.26. The van der Waals surface area contributed by atoms with Gasteiger partial charge in [0.15, 0.2) is 6.61 Å². The molecule has 1 aliphatic heterocycles. The number of ether oxygens (including phenoxy) is 1. The van der Waals surface area contributed by atoms with Crippen molar-refractivity contribution in [2.75, 3.05) is 19.7 Å². The molecule has 3 amide bonds. The molecule has 1 N–H and O–H groups in total. The molecule has 1 aliphatic rings. The molecule has 0 spiro atoms. The second-order valence-electron chi connectivity index (χ2n) is 5.41. The van der Waals surface area contributed by atoms with Gasteiger partial charge in [-0.3, -0.25) is 9.69 Å². The van der Waals surface area contributed by atoms with E-state index >= 15 is 0 Å². The molecule has 1 saturated heterocycles. The van der Waals surface area contributed by atoms with E-state index in [1.165, 1.54) is 0 Å². The number of imide groups is 1. The van der Waals surface area contributed by atoms with Crippen molar-refractivity contribution in [3.63, 3.8) is 0 Å². The van der Waals surface area contributed by atoms with Gasteiger partial charge in [0.1, 0.15) is 5.58 Å². The summed E-state index contributed by atoms with van der Waals surface area (Å²) in [4.78, 5) is 36.4. The van der Waals surface area contributed by atoms with Crippen molar-refractivity contribution in [1.82, 2.24) is 10.2 Å². The number of carbonyl (C=O) groups is 3. The predicted octanol–water partition coefficient (Wildman–Crippen LogP) is 1.76. The van der Waals surface area contributed by atoms with Crippen LogP contribution >= 0.6 is 0 Å². The molecule has 1 aromatic carbocycles. The number of benzene rings is 1. The van der Waals surface area contributed by atoms with E-state index in [1.807, 2.05) is 19.1 Å². The van der Waals surface area contributed by atoms with Crippen molar-refractivity contribution in [2.24, 2.45) is 0 Å². The van der Waals surface area contributed by atoms with Gasteiger partial charge in [-0.15, -0.1) is 0 Å². The smallest absolute Gasteiger partial charge is 0.375 e. The van der Waals surface area contributed by atoms with E-state index in [0.717, 1.165) is 15.8 Å². The minimum absolute atomic E-state index is 0.0734. The molecule has 0 atom stereocenters. The number of esters is 1. The van der Waals surface area contributed by atoms with Gasteiger partial charge < -0.3 is 14.5 Å². The van der Waals surface area contributed by atoms with E-state index in [0.29, 0.717) is 17.7 Å². The molecule has 0 unspecified atom stereocenters. The average molecular weight is 316 g/mol. The lowest BCUT2D eigenvalue weighted by Gasteiger charge is -2.11. The second kappa shape index (κ2) is 5.75. The number of urea groups is 1. The van der Waals surface area contributed by atoms with Gasteiger partial charge in [-0.05, 0) is 26.0 Å². The fourth-order valence-corrected chi connectivity index (χ4v) is 2.51. The number of nitrogens with one attached hydrogen (secondary N) is 1. The number of furan rings is 1. The van der Waals surface area contributed by atoms with Crippen LogP contribution in [0.2, 0.25) is 0 Å². The third-order valence-electron chi connectivity index (χ3n) is 3.76. The Morgan fingerprint density at radius 3 is 2.83 bits per heavy atom. The van der Waals surface area contributed by atoms with Crippen LogP contribution in [0.4, 0.5) is 4.79 Å². The first kappa shape index (κ1) is 15.1. The maximum Gasteiger partial charge on any atom is 0.375 e. The number of carbonyl (C=O) groups excluding carboxylic acids is 3. The zero-order chi connectivity index (χ0) is 16.6. The van der Waals surface area contributed by atoms with Crippen LogP contribution in [0, 0.1) is 13.8 Å². The predicted molar refractivity (Wildman–Crippen MR) is 81.1 cm³/mol. The molecule has 7 heteroatoms. The molecule has 1 aromatic heterocycles. The van der Waals surface area contributed by atoms with E-state index in [2.05, 4.69) is 5.32 Å². The number of hydrogen-bond acceptors (Lipinski definition) is 5. The van der Waals surface area contributed by atoms with E-state index in [-0.39, 0.29) is 12.3 Å². The highest BCUT2D eigenvalue weighted by Gasteiger charge is 2.27. The molecule has 120 valence electrons. The Bertz CT molecular complexity index is 808. The normalized spacial score (nSPS) is 14.2. The summed E-state index contributed by atoms with van der Waals surface area (Å²) in [5.41, 5.74) is 2.31. The highest BCUT2D eigenvalue weighted by atomic mass is 16.5. The molecular formula is C16H16N2O5. The number of nitrogens with zero attached hydrogens (tertiary/aromatic N) is 1. The van der Waals surface area contributed by atoms with Crippen LogP contribution in [-0.4, -0.2) is 42.5 Å². The van der Waals surface area contributed by atoms with Crippen molar-refractivity contribution >= 4 is 28.9 Å². The summed E-state index contributed by atoms with van der Waals surface area (Å²) in [6.45, 7) is 3.89. The van der Waals surface area contributed by atoms with Crippen molar-refractivity contribution in [3.05, 3.63) is 35.1 Å². The maximum atomic E-state index is 12.1. The molecule has 0 saturated carbocycles. The van der Waals surface area contributed by atoms with E-state index in [1.54, 1.807) is 13.0 Å². The second-order valence-corrected chi connectivity index (χ2v) is 5.41. The van der Waals surface area contributed by atoms with Gasteiger partial charge in [0.05, 0.1) is 0 Å². The Hall–Kier alpha value is -2.83. The standard InChI is InChI=1S/C16H16N2O5/c1-9-3-4-12-11(7-9)10(2)14(23-12)15(20)22-8-13(19)18-6-5-17-16(18)21/h3-4,7H,5-6,8H2,1-2H3,(H,17,21). The lowest BCUT2D eigenvalue weighted by molar-refractivity contribution is -0.130.